The molecule has 1 heterocycles. The molecule has 0 radical (unpaired) electrons. The predicted molar refractivity (Wildman–Crippen MR) is 70.9 cm³/mol. The molecule has 18 heavy (non-hydrogen) atoms. The van der Waals surface area contributed by atoms with Gasteiger partial charge in [0.15, 0.2) is 5.78 Å². The lowest BCUT2D eigenvalue weighted by atomic mass is 10.1. The van der Waals surface area contributed by atoms with Gasteiger partial charge >= 0.3 is 0 Å². The number of benzene rings is 1. The molecule has 0 N–H and O–H groups in total. The molecule has 3 nitrogen and oxygen atoms in total. The largest absolute Gasteiger partial charge is 0.307 e. The number of hydrogen-bond donors (Lipinski definition) is 0. The molecule has 0 spiro atoms. The van der Waals surface area contributed by atoms with Gasteiger partial charge < -0.3 is 4.57 Å². The van der Waals surface area contributed by atoms with Crippen molar-refractivity contribution in [1.29, 1.82) is 0 Å². The highest BCUT2D eigenvalue weighted by atomic mass is 16.1. The number of hydrogen-bond acceptors (Lipinski definition) is 2. The average Bonchev–Trinajstić information content (AvgIpc) is 2.34. The second kappa shape index (κ2) is 5.00. The molecule has 0 saturated heterocycles. The molecule has 0 amide bonds. The van der Waals surface area contributed by atoms with Gasteiger partial charge in [0.1, 0.15) is 0 Å². The standard InChI is InChI=1S/C15H15NO2/c1-11-3-6-13(7-4-11)14(17)10-16-9-12(2)5-8-15(16)18/h3-9H,10H2,1-2H3. The van der Waals surface area contributed by atoms with Gasteiger partial charge in [0.25, 0.3) is 5.56 Å². The molecule has 0 saturated carbocycles. The molecule has 2 aromatic rings. The Kier molecular flexibility index (Phi) is 3.42. The van der Waals surface area contributed by atoms with Crippen LogP contribution < -0.4 is 5.56 Å². The number of aryl methyl sites for hydroxylation is 2. The van der Waals surface area contributed by atoms with E-state index in [2.05, 4.69) is 0 Å². The first-order chi connectivity index (χ1) is 8.56. The lowest BCUT2D eigenvalue weighted by Crippen LogP contribution is -2.23. The second-order valence-electron chi connectivity index (χ2n) is 4.46. The predicted octanol–water partition coefficient (Wildman–Crippen LogP) is 2.35. The first-order valence-electron chi connectivity index (χ1n) is 5.83. The number of nitrogens with zero attached hydrogens (tertiary/aromatic N) is 1. The van der Waals surface area contributed by atoms with E-state index in [1.54, 1.807) is 24.4 Å². The Bertz CT molecular complexity index is 624. The molecule has 0 bridgehead atoms. The Labute approximate surface area is 106 Å². The van der Waals surface area contributed by atoms with Crippen molar-refractivity contribution < 1.29 is 4.79 Å². The Morgan fingerprint density at radius 1 is 1.00 bits per heavy atom. The molecule has 0 aliphatic rings. The normalized spacial score (nSPS) is 10.3. The quantitative estimate of drug-likeness (QED) is 0.774. The first kappa shape index (κ1) is 12.3. The fourth-order valence-corrected chi connectivity index (χ4v) is 1.76. The van der Waals surface area contributed by atoms with Crippen molar-refractivity contribution in [3.05, 3.63) is 69.6 Å². The van der Waals surface area contributed by atoms with Crippen LogP contribution in [-0.2, 0) is 6.54 Å². The van der Waals surface area contributed by atoms with Crippen LogP contribution >= 0.6 is 0 Å². The van der Waals surface area contributed by atoms with E-state index in [1.807, 2.05) is 26.0 Å². The lowest BCUT2D eigenvalue weighted by molar-refractivity contribution is 0.0971. The van der Waals surface area contributed by atoms with Crippen molar-refractivity contribution in [3.8, 4) is 0 Å². The maximum atomic E-state index is 12.0. The summed E-state index contributed by atoms with van der Waals surface area (Å²) < 4.78 is 1.44. The van der Waals surface area contributed by atoms with Crippen LogP contribution in [0.3, 0.4) is 0 Å². The Balaban J connectivity index is 2.24. The number of carbonyl (C=O) groups excluding carboxylic acids is 1. The highest BCUT2D eigenvalue weighted by molar-refractivity contribution is 5.95. The molecule has 92 valence electrons. The van der Waals surface area contributed by atoms with Gasteiger partial charge in [-0.1, -0.05) is 35.9 Å². The van der Waals surface area contributed by atoms with Crippen molar-refractivity contribution in [2.24, 2.45) is 0 Å². The van der Waals surface area contributed by atoms with Gasteiger partial charge in [-0.15, -0.1) is 0 Å². The minimum Gasteiger partial charge on any atom is -0.307 e. The zero-order valence-corrected chi connectivity index (χ0v) is 10.5. The molecule has 0 aliphatic heterocycles. The summed E-state index contributed by atoms with van der Waals surface area (Å²) in [6.07, 6.45) is 1.70. The first-order valence-corrected chi connectivity index (χ1v) is 5.83. The second-order valence-corrected chi connectivity index (χ2v) is 4.46. The van der Waals surface area contributed by atoms with Gasteiger partial charge in [0.05, 0.1) is 6.54 Å². The van der Waals surface area contributed by atoms with E-state index in [0.717, 1.165) is 11.1 Å². The minimum atomic E-state index is -0.152. The van der Waals surface area contributed by atoms with E-state index in [0.29, 0.717) is 5.56 Å². The SMILES string of the molecule is Cc1ccc(C(=O)Cn2cc(C)ccc2=O)cc1. The molecule has 2 rings (SSSR count). The third-order valence-corrected chi connectivity index (χ3v) is 2.82. The Morgan fingerprint density at radius 3 is 2.28 bits per heavy atom. The number of ketones is 1. The highest BCUT2D eigenvalue weighted by Gasteiger charge is 2.07. The summed E-state index contributed by atoms with van der Waals surface area (Å²) in [5.74, 6) is -0.0531. The van der Waals surface area contributed by atoms with Crippen molar-refractivity contribution in [2.75, 3.05) is 0 Å². The maximum absolute atomic E-state index is 12.0. The van der Waals surface area contributed by atoms with E-state index in [-0.39, 0.29) is 17.9 Å². The number of carbonyl (C=O) groups is 1. The molecule has 0 fully saturated rings. The van der Waals surface area contributed by atoms with Crippen LogP contribution in [-0.4, -0.2) is 10.4 Å². The van der Waals surface area contributed by atoms with Gasteiger partial charge in [0.2, 0.25) is 0 Å². The van der Waals surface area contributed by atoms with Crippen molar-refractivity contribution in [3.63, 3.8) is 0 Å². The highest BCUT2D eigenvalue weighted by Crippen LogP contribution is 2.05. The third-order valence-electron chi connectivity index (χ3n) is 2.82. The van der Waals surface area contributed by atoms with Crippen LogP contribution in [0.4, 0.5) is 0 Å². The van der Waals surface area contributed by atoms with Gasteiger partial charge in [-0.25, -0.2) is 0 Å². The monoisotopic (exact) mass is 241 g/mol. The molecular formula is C15H15NO2. The van der Waals surface area contributed by atoms with Gasteiger partial charge in [0, 0.05) is 17.8 Å². The van der Waals surface area contributed by atoms with E-state index in [4.69, 9.17) is 0 Å². The van der Waals surface area contributed by atoms with Crippen molar-refractivity contribution in [1.82, 2.24) is 4.57 Å². The summed E-state index contributed by atoms with van der Waals surface area (Å²) >= 11 is 0. The van der Waals surface area contributed by atoms with Crippen molar-refractivity contribution >= 4 is 5.78 Å². The minimum absolute atomic E-state index is 0.0531. The van der Waals surface area contributed by atoms with Gasteiger partial charge in [-0.2, -0.15) is 0 Å². The summed E-state index contributed by atoms with van der Waals surface area (Å²) in [4.78, 5) is 23.6. The molecular weight excluding hydrogens is 226 g/mol. The topological polar surface area (TPSA) is 39.1 Å². The van der Waals surface area contributed by atoms with E-state index in [1.165, 1.54) is 10.6 Å². The number of rotatable bonds is 3. The smallest absolute Gasteiger partial charge is 0.250 e. The molecule has 1 aromatic heterocycles. The lowest BCUT2D eigenvalue weighted by Gasteiger charge is -2.06. The molecule has 0 atom stereocenters. The van der Waals surface area contributed by atoms with Gasteiger partial charge in [-0.3, -0.25) is 9.59 Å². The van der Waals surface area contributed by atoms with E-state index < -0.39 is 0 Å². The zero-order chi connectivity index (χ0) is 13.1. The fraction of sp³-hybridized carbons (Fsp3) is 0.200. The Hall–Kier alpha value is -2.16. The number of pyridine rings is 1. The number of Topliss-reactive ketones (excluding diaryl/α,β-unsaturated/α-hetero) is 1. The number of aromatic nitrogens is 1. The molecule has 0 unspecified atom stereocenters. The van der Waals surface area contributed by atoms with Crippen LogP contribution in [0, 0.1) is 13.8 Å². The van der Waals surface area contributed by atoms with Crippen LogP contribution in [0.2, 0.25) is 0 Å². The third kappa shape index (κ3) is 2.74. The molecule has 1 aromatic carbocycles. The van der Waals surface area contributed by atoms with E-state index >= 15 is 0 Å². The van der Waals surface area contributed by atoms with Gasteiger partial charge in [-0.05, 0) is 19.4 Å². The van der Waals surface area contributed by atoms with Crippen LogP contribution in [0.1, 0.15) is 21.5 Å². The van der Waals surface area contributed by atoms with Crippen LogP contribution in [0.5, 0.6) is 0 Å². The summed E-state index contributed by atoms with van der Waals surface area (Å²) in [7, 11) is 0. The van der Waals surface area contributed by atoms with Crippen LogP contribution in [0.15, 0.2) is 47.4 Å². The fourth-order valence-electron chi connectivity index (χ4n) is 1.76. The maximum Gasteiger partial charge on any atom is 0.250 e. The Morgan fingerprint density at radius 2 is 1.61 bits per heavy atom. The summed E-state index contributed by atoms with van der Waals surface area (Å²) in [6, 6.07) is 10.6. The van der Waals surface area contributed by atoms with E-state index in [9.17, 15) is 9.59 Å². The van der Waals surface area contributed by atoms with Crippen LogP contribution in [0.25, 0.3) is 0 Å². The molecule has 3 heteroatoms. The summed E-state index contributed by atoms with van der Waals surface area (Å²) in [5, 5.41) is 0. The zero-order valence-electron chi connectivity index (χ0n) is 10.5. The average molecular weight is 241 g/mol. The molecule has 0 aliphatic carbocycles. The summed E-state index contributed by atoms with van der Waals surface area (Å²) in [6.45, 7) is 3.95. The van der Waals surface area contributed by atoms with Crippen molar-refractivity contribution in [2.45, 2.75) is 20.4 Å². The summed E-state index contributed by atoms with van der Waals surface area (Å²) in [5.41, 5.74) is 2.56.